The van der Waals surface area contributed by atoms with Crippen LogP contribution in [0.4, 0.5) is 0 Å². The number of hydrazine groups is 1. The quantitative estimate of drug-likeness (QED) is 0.737. The van der Waals surface area contributed by atoms with Gasteiger partial charge in [0.1, 0.15) is 0 Å². The predicted molar refractivity (Wildman–Crippen MR) is 67.6 cm³/mol. The molecule has 0 spiro atoms. The molecule has 1 atom stereocenters. The zero-order valence-corrected chi connectivity index (χ0v) is 10.7. The standard InChI is InChI=1S/C13H26N2O2/c16-12(11-17-13-6-2-3-7-13)10-14-15-8-4-1-5-9-15/h12-14,16H,1-11H2. The largest absolute Gasteiger partial charge is 0.389 e. The third-order valence-electron chi connectivity index (χ3n) is 3.73. The molecule has 2 fully saturated rings. The van der Waals surface area contributed by atoms with Crippen LogP contribution in [0.25, 0.3) is 0 Å². The van der Waals surface area contributed by atoms with Gasteiger partial charge in [0.05, 0.1) is 18.8 Å². The SMILES string of the molecule is OC(CNN1CCCCC1)COC1CCCC1. The van der Waals surface area contributed by atoms with E-state index in [0.29, 0.717) is 19.3 Å². The third kappa shape index (κ3) is 4.92. The molecule has 0 bridgehead atoms. The van der Waals surface area contributed by atoms with Gasteiger partial charge < -0.3 is 9.84 Å². The molecule has 0 amide bonds. The van der Waals surface area contributed by atoms with Gasteiger partial charge in [0.25, 0.3) is 0 Å². The maximum Gasteiger partial charge on any atom is 0.0911 e. The predicted octanol–water partition coefficient (Wildman–Crippen LogP) is 1.30. The van der Waals surface area contributed by atoms with Crippen LogP contribution in [0.15, 0.2) is 0 Å². The molecule has 4 nitrogen and oxygen atoms in total. The summed E-state index contributed by atoms with van der Waals surface area (Å²) in [6.45, 7) is 3.31. The summed E-state index contributed by atoms with van der Waals surface area (Å²) in [7, 11) is 0. The van der Waals surface area contributed by atoms with E-state index in [2.05, 4.69) is 10.4 Å². The van der Waals surface area contributed by atoms with Crippen molar-refractivity contribution in [2.75, 3.05) is 26.2 Å². The highest BCUT2D eigenvalue weighted by Crippen LogP contribution is 2.20. The van der Waals surface area contributed by atoms with Crippen molar-refractivity contribution in [2.45, 2.75) is 57.2 Å². The molecule has 2 aliphatic rings. The van der Waals surface area contributed by atoms with E-state index in [-0.39, 0.29) is 6.10 Å². The van der Waals surface area contributed by atoms with E-state index in [4.69, 9.17) is 4.74 Å². The smallest absolute Gasteiger partial charge is 0.0911 e. The highest BCUT2D eigenvalue weighted by Gasteiger charge is 2.17. The molecule has 1 aliphatic carbocycles. The van der Waals surface area contributed by atoms with Crippen molar-refractivity contribution in [3.05, 3.63) is 0 Å². The van der Waals surface area contributed by atoms with Crippen LogP contribution in [-0.4, -0.2) is 48.6 Å². The molecule has 2 N–H and O–H groups in total. The summed E-state index contributed by atoms with van der Waals surface area (Å²) in [5.74, 6) is 0. The van der Waals surface area contributed by atoms with E-state index in [1.54, 1.807) is 0 Å². The van der Waals surface area contributed by atoms with Crippen LogP contribution in [0.5, 0.6) is 0 Å². The molecule has 0 aromatic carbocycles. The first-order chi connectivity index (χ1) is 8.34. The lowest BCUT2D eigenvalue weighted by Gasteiger charge is -2.28. The van der Waals surface area contributed by atoms with E-state index in [1.807, 2.05) is 0 Å². The monoisotopic (exact) mass is 242 g/mol. The first-order valence-electron chi connectivity index (χ1n) is 7.13. The Labute approximate surface area is 104 Å². The molecular weight excluding hydrogens is 216 g/mol. The molecule has 1 saturated heterocycles. The van der Waals surface area contributed by atoms with Gasteiger partial charge in [-0.2, -0.15) is 0 Å². The van der Waals surface area contributed by atoms with Crippen LogP contribution in [0.1, 0.15) is 44.9 Å². The van der Waals surface area contributed by atoms with Gasteiger partial charge in [-0.05, 0) is 25.7 Å². The Morgan fingerprint density at radius 1 is 1.12 bits per heavy atom. The second-order valence-corrected chi connectivity index (χ2v) is 5.30. The van der Waals surface area contributed by atoms with Gasteiger partial charge in [-0.25, -0.2) is 5.01 Å². The maximum absolute atomic E-state index is 9.83. The molecule has 17 heavy (non-hydrogen) atoms. The fraction of sp³-hybridized carbons (Fsp3) is 1.00. The van der Waals surface area contributed by atoms with Gasteiger partial charge in [-0.1, -0.05) is 19.3 Å². The van der Waals surface area contributed by atoms with E-state index in [0.717, 1.165) is 13.1 Å². The number of aliphatic hydroxyl groups excluding tert-OH is 1. The number of nitrogens with zero attached hydrogens (tertiary/aromatic N) is 1. The zero-order chi connectivity index (χ0) is 11.9. The average molecular weight is 242 g/mol. The summed E-state index contributed by atoms with van der Waals surface area (Å²) < 4.78 is 5.70. The second-order valence-electron chi connectivity index (χ2n) is 5.30. The van der Waals surface area contributed by atoms with Crippen LogP contribution < -0.4 is 5.43 Å². The van der Waals surface area contributed by atoms with Crippen molar-refractivity contribution < 1.29 is 9.84 Å². The highest BCUT2D eigenvalue weighted by molar-refractivity contribution is 4.68. The van der Waals surface area contributed by atoms with Gasteiger partial charge in [0.15, 0.2) is 0 Å². The summed E-state index contributed by atoms with van der Waals surface area (Å²) in [5.41, 5.74) is 3.30. The highest BCUT2D eigenvalue weighted by atomic mass is 16.5. The number of rotatable bonds is 6. The van der Waals surface area contributed by atoms with E-state index in [1.165, 1.54) is 44.9 Å². The number of hydrogen-bond acceptors (Lipinski definition) is 4. The lowest BCUT2D eigenvalue weighted by atomic mass is 10.2. The van der Waals surface area contributed by atoms with E-state index in [9.17, 15) is 5.11 Å². The van der Waals surface area contributed by atoms with Crippen molar-refractivity contribution in [3.63, 3.8) is 0 Å². The summed E-state index contributed by atoms with van der Waals surface area (Å²) in [6, 6.07) is 0. The van der Waals surface area contributed by atoms with Crippen LogP contribution in [0.3, 0.4) is 0 Å². The van der Waals surface area contributed by atoms with Crippen molar-refractivity contribution >= 4 is 0 Å². The Morgan fingerprint density at radius 3 is 2.53 bits per heavy atom. The topological polar surface area (TPSA) is 44.7 Å². The minimum Gasteiger partial charge on any atom is -0.389 e. The Kier molecular flexibility index (Phi) is 5.71. The van der Waals surface area contributed by atoms with Crippen molar-refractivity contribution in [1.29, 1.82) is 0 Å². The molecule has 1 saturated carbocycles. The van der Waals surface area contributed by atoms with Crippen molar-refractivity contribution in [3.8, 4) is 0 Å². The number of ether oxygens (including phenoxy) is 1. The fourth-order valence-corrected chi connectivity index (χ4v) is 2.65. The molecule has 0 radical (unpaired) electrons. The van der Waals surface area contributed by atoms with Gasteiger partial charge in [-0.3, -0.25) is 5.43 Å². The number of hydrogen-bond donors (Lipinski definition) is 2. The molecule has 4 heteroatoms. The lowest BCUT2D eigenvalue weighted by Crippen LogP contribution is -2.45. The van der Waals surface area contributed by atoms with Crippen molar-refractivity contribution in [2.24, 2.45) is 0 Å². The number of piperidine rings is 1. The Balaban J connectivity index is 1.52. The maximum atomic E-state index is 9.83. The molecule has 0 aromatic heterocycles. The normalized spacial score (nSPS) is 25.2. The first-order valence-corrected chi connectivity index (χ1v) is 7.13. The average Bonchev–Trinajstić information content (AvgIpc) is 2.88. The molecule has 1 heterocycles. The van der Waals surface area contributed by atoms with Crippen LogP contribution in [0, 0.1) is 0 Å². The van der Waals surface area contributed by atoms with Crippen LogP contribution in [0.2, 0.25) is 0 Å². The van der Waals surface area contributed by atoms with Crippen molar-refractivity contribution in [1.82, 2.24) is 10.4 Å². The number of nitrogens with one attached hydrogen (secondary N) is 1. The minimum absolute atomic E-state index is 0.377. The molecule has 1 aliphatic heterocycles. The van der Waals surface area contributed by atoms with Crippen LogP contribution >= 0.6 is 0 Å². The summed E-state index contributed by atoms with van der Waals surface area (Å²) in [4.78, 5) is 0. The molecule has 2 rings (SSSR count). The minimum atomic E-state index is -0.377. The van der Waals surface area contributed by atoms with Gasteiger partial charge in [-0.15, -0.1) is 0 Å². The van der Waals surface area contributed by atoms with Gasteiger partial charge in [0, 0.05) is 19.6 Å². The summed E-state index contributed by atoms with van der Waals surface area (Å²) >= 11 is 0. The molecule has 1 unspecified atom stereocenters. The summed E-state index contributed by atoms with van der Waals surface area (Å²) in [5, 5.41) is 12.1. The molecule has 0 aromatic rings. The number of aliphatic hydroxyl groups is 1. The van der Waals surface area contributed by atoms with E-state index < -0.39 is 0 Å². The second kappa shape index (κ2) is 7.31. The Hall–Kier alpha value is -0.160. The molecular formula is C13H26N2O2. The summed E-state index contributed by atoms with van der Waals surface area (Å²) in [6.07, 6.45) is 8.81. The van der Waals surface area contributed by atoms with Gasteiger partial charge in [0.2, 0.25) is 0 Å². The fourth-order valence-electron chi connectivity index (χ4n) is 2.65. The Bertz CT molecular complexity index is 202. The molecule has 100 valence electrons. The zero-order valence-electron chi connectivity index (χ0n) is 10.7. The van der Waals surface area contributed by atoms with Gasteiger partial charge >= 0.3 is 0 Å². The Morgan fingerprint density at radius 2 is 1.82 bits per heavy atom. The third-order valence-corrected chi connectivity index (χ3v) is 3.73. The van der Waals surface area contributed by atoms with E-state index >= 15 is 0 Å². The first kappa shape index (κ1) is 13.3. The van der Waals surface area contributed by atoms with Crippen LogP contribution in [-0.2, 0) is 4.74 Å². The lowest BCUT2D eigenvalue weighted by molar-refractivity contribution is -0.0140.